The maximum atomic E-state index is 14.1. The molecule has 7 nitrogen and oxygen atoms in total. The molecule has 1 aromatic carbocycles. The Morgan fingerprint density at radius 2 is 1.84 bits per heavy atom. The van der Waals surface area contributed by atoms with E-state index in [-0.39, 0.29) is 23.5 Å². The van der Waals surface area contributed by atoms with E-state index in [0.29, 0.717) is 6.07 Å². The SMILES string of the molecule is CCNc1nc(C(F)(F)F)ccc1/C=C\C(=O)NCc1cc(F)c(NS(C)(=O)=O)cc1F. The lowest BCUT2D eigenvalue weighted by Crippen LogP contribution is -2.21. The summed E-state index contributed by atoms with van der Waals surface area (Å²) in [4.78, 5) is 15.5. The molecule has 174 valence electrons. The van der Waals surface area contributed by atoms with Crippen molar-refractivity contribution in [2.45, 2.75) is 19.6 Å². The molecule has 0 bridgehead atoms. The van der Waals surface area contributed by atoms with E-state index in [4.69, 9.17) is 0 Å². The molecule has 1 aromatic heterocycles. The number of aromatic nitrogens is 1. The van der Waals surface area contributed by atoms with Crippen LogP contribution in [0.1, 0.15) is 23.7 Å². The topological polar surface area (TPSA) is 100 Å². The molecule has 13 heteroatoms. The van der Waals surface area contributed by atoms with Crippen LogP contribution >= 0.6 is 0 Å². The van der Waals surface area contributed by atoms with Crippen LogP contribution in [0.15, 0.2) is 30.3 Å². The molecule has 0 aliphatic heterocycles. The van der Waals surface area contributed by atoms with Gasteiger partial charge in [0.05, 0.1) is 11.9 Å². The lowest BCUT2D eigenvalue weighted by Gasteiger charge is -2.11. The van der Waals surface area contributed by atoms with Crippen LogP contribution in [-0.4, -0.2) is 32.1 Å². The summed E-state index contributed by atoms with van der Waals surface area (Å²) in [6.07, 6.45) is -1.64. The zero-order chi connectivity index (χ0) is 24.1. The molecule has 0 radical (unpaired) electrons. The van der Waals surface area contributed by atoms with Crippen LogP contribution in [0.25, 0.3) is 6.08 Å². The van der Waals surface area contributed by atoms with Crippen molar-refractivity contribution >= 4 is 33.5 Å². The van der Waals surface area contributed by atoms with Gasteiger partial charge in [-0.15, -0.1) is 0 Å². The standard InChI is InChI=1S/C19H19F5N4O3S/c1-3-25-18-11(4-6-16(27-18)19(22,23)24)5-7-17(29)26-10-12-8-14(21)15(9-13(12)20)28-32(2,30)31/h4-9,28H,3,10H2,1-2H3,(H,25,27)(H,26,29)/b7-5-. The van der Waals surface area contributed by atoms with Crippen LogP contribution < -0.4 is 15.4 Å². The number of hydrogen-bond donors (Lipinski definition) is 3. The van der Waals surface area contributed by atoms with E-state index in [1.165, 1.54) is 6.08 Å². The quantitative estimate of drug-likeness (QED) is 0.398. The van der Waals surface area contributed by atoms with Gasteiger partial charge in [0.25, 0.3) is 0 Å². The van der Waals surface area contributed by atoms with E-state index < -0.39 is 51.7 Å². The third kappa shape index (κ3) is 7.18. The molecule has 0 spiro atoms. The monoisotopic (exact) mass is 478 g/mol. The number of amides is 1. The van der Waals surface area contributed by atoms with Gasteiger partial charge in [-0.2, -0.15) is 13.2 Å². The van der Waals surface area contributed by atoms with Crippen molar-refractivity contribution in [1.82, 2.24) is 10.3 Å². The van der Waals surface area contributed by atoms with Gasteiger partial charge in [0.15, 0.2) is 0 Å². The fourth-order valence-electron chi connectivity index (χ4n) is 2.48. The van der Waals surface area contributed by atoms with Gasteiger partial charge in [-0.3, -0.25) is 9.52 Å². The minimum absolute atomic E-state index is 0.0755. The molecular formula is C19H19F5N4O3S. The molecule has 1 amide bonds. The Labute approximate surface area is 180 Å². The number of alkyl halides is 3. The third-order valence-corrected chi connectivity index (χ3v) is 4.45. The molecule has 0 saturated carbocycles. The molecule has 0 saturated heterocycles. The summed E-state index contributed by atoms with van der Waals surface area (Å²) in [7, 11) is -3.82. The van der Waals surface area contributed by atoms with Gasteiger partial charge in [0.2, 0.25) is 15.9 Å². The predicted octanol–water partition coefficient (Wildman–Crippen LogP) is 3.51. The number of sulfonamides is 1. The highest BCUT2D eigenvalue weighted by Gasteiger charge is 2.32. The molecule has 2 rings (SSSR count). The number of carbonyl (C=O) groups excluding carboxylic acids is 1. The number of halogens is 5. The Balaban J connectivity index is 2.11. The zero-order valence-electron chi connectivity index (χ0n) is 16.8. The summed E-state index contributed by atoms with van der Waals surface area (Å²) in [5.74, 6) is -2.80. The first-order chi connectivity index (χ1) is 14.8. The summed E-state index contributed by atoms with van der Waals surface area (Å²) in [5.41, 5.74) is -1.71. The average molecular weight is 478 g/mol. The summed E-state index contributed by atoms with van der Waals surface area (Å²) in [6, 6.07) is 3.28. The molecule has 0 aliphatic rings. The number of benzene rings is 1. The number of carbonyl (C=O) groups is 1. The Hall–Kier alpha value is -3.22. The normalized spacial score (nSPS) is 12.1. The van der Waals surface area contributed by atoms with E-state index in [2.05, 4.69) is 15.6 Å². The van der Waals surface area contributed by atoms with Gasteiger partial charge in [-0.25, -0.2) is 22.2 Å². The number of rotatable bonds is 8. The summed E-state index contributed by atoms with van der Waals surface area (Å²) in [6.45, 7) is 1.53. The second-order valence-corrected chi connectivity index (χ2v) is 8.26. The van der Waals surface area contributed by atoms with Crippen LogP contribution in [-0.2, 0) is 27.5 Å². The van der Waals surface area contributed by atoms with E-state index in [1.807, 2.05) is 4.72 Å². The average Bonchev–Trinajstić information content (AvgIpc) is 2.66. The fourth-order valence-corrected chi connectivity index (χ4v) is 3.04. The minimum atomic E-state index is -4.63. The number of nitrogens with one attached hydrogen (secondary N) is 3. The maximum absolute atomic E-state index is 14.1. The van der Waals surface area contributed by atoms with E-state index in [1.54, 1.807) is 6.92 Å². The summed E-state index contributed by atoms with van der Waals surface area (Å²) in [5, 5.41) is 4.97. The highest BCUT2D eigenvalue weighted by Crippen LogP contribution is 2.29. The van der Waals surface area contributed by atoms with Crippen molar-refractivity contribution in [3.8, 4) is 0 Å². The molecule has 1 heterocycles. The van der Waals surface area contributed by atoms with Crippen LogP contribution in [0.5, 0.6) is 0 Å². The third-order valence-electron chi connectivity index (χ3n) is 3.86. The number of hydrogen-bond acceptors (Lipinski definition) is 5. The van der Waals surface area contributed by atoms with Crippen molar-refractivity contribution in [1.29, 1.82) is 0 Å². The number of anilines is 2. The van der Waals surface area contributed by atoms with Gasteiger partial charge in [0, 0.05) is 36.4 Å². The van der Waals surface area contributed by atoms with Gasteiger partial charge in [-0.05, 0) is 31.2 Å². The smallest absolute Gasteiger partial charge is 0.370 e. The Bertz CT molecular complexity index is 1130. The molecule has 0 aliphatic carbocycles. The molecule has 0 unspecified atom stereocenters. The fraction of sp³-hybridized carbons (Fsp3) is 0.263. The van der Waals surface area contributed by atoms with Crippen molar-refractivity contribution in [2.24, 2.45) is 0 Å². The Morgan fingerprint density at radius 3 is 2.44 bits per heavy atom. The van der Waals surface area contributed by atoms with Crippen LogP contribution in [0, 0.1) is 11.6 Å². The van der Waals surface area contributed by atoms with E-state index in [0.717, 1.165) is 30.5 Å². The van der Waals surface area contributed by atoms with Crippen LogP contribution in [0.3, 0.4) is 0 Å². The van der Waals surface area contributed by atoms with Gasteiger partial charge < -0.3 is 10.6 Å². The largest absolute Gasteiger partial charge is 0.433 e. The van der Waals surface area contributed by atoms with Gasteiger partial charge in [0.1, 0.15) is 23.1 Å². The first-order valence-corrected chi connectivity index (χ1v) is 10.9. The molecule has 32 heavy (non-hydrogen) atoms. The molecular weight excluding hydrogens is 459 g/mol. The highest BCUT2D eigenvalue weighted by atomic mass is 32.2. The second kappa shape index (κ2) is 9.94. The van der Waals surface area contributed by atoms with Gasteiger partial charge >= 0.3 is 6.18 Å². The maximum Gasteiger partial charge on any atom is 0.433 e. The van der Waals surface area contributed by atoms with E-state index in [9.17, 15) is 35.2 Å². The first kappa shape index (κ1) is 25.0. The number of nitrogens with zero attached hydrogens (tertiary/aromatic N) is 1. The molecule has 3 N–H and O–H groups in total. The lowest BCUT2D eigenvalue weighted by atomic mass is 10.1. The lowest BCUT2D eigenvalue weighted by molar-refractivity contribution is -0.141. The highest BCUT2D eigenvalue weighted by molar-refractivity contribution is 7.92. The molecule has 0 fully saturated rings. The van der Waals surface area contributed by atoms with Crippen LogP contribution in [0.2, 0.25) is 0 Å². The van der Waals surface area contributed by atoms with Crippen molar-refractivity contribution in [3.05, 3.63) is 58.8 Å². The van der Waals surface area contributed by atoms with Crippen LogP contribution in [0.4, 0.5) is 33.5 Å². The summed E-state index contributed by atoms with van der Waals surface area (Å²) >= 11 is 0. The summed E-state index contributed by atoms with van der Waals surface area (Å²) < 4.78 is 90.7. The van der Waals surface area contributed by atoms with Crippen molar-refractivity contribution in [3.63, 3.8) is 0 Å². The number of pyridine rings is 1. The van der Waals surface area contributed by atoms with Crippen molar-refractivity contribution < 1.29 is 35.2 Å². The Morgan fingerprint density at radius 1 is 1.16 bits per heavy atom. The van der Waals surface area contributed by atoms with Gasteiger partial charge in [-0.1, -0.05) is 0 Å². The predicted molar refractivity (Wildman–Crippen MR) is 109 cm³/mol. The zero-order valence-corrected chi connectivity index (χ0v) is 17.7. The molecule has 2 aromatic rings. The minimum Gasteiger partial charge on any atom is -0.370 e. The van der Waals surface area contributed by atoms with E-state index >= 15 is 0 Å². The molecule has 0 atom stereocenters. The first-order valence-electron chi connectivity index (χ1n) is 9.04. The van der Waals surface area contributed by atoms with Crippen molar-refractivity contribution in [2.75, 3.05) is 22.8 Å². The second-order valence-electron chi connectivity index (χ2n) is 6.51. The Kier molecular flexibility index (Phi) is 7.78.